The molecule has 3 nitrogen and oxygen atoms in total. The summed E-state index contributed by atoms with van der Waals surface area (Å²) >= 11 is 1.64. The minimum absolute atomic E-state index is 0.660. The smallest absolute Gasteiger partial charge is 0.192 e. The molecule has 0 bridgehead atoms. The molecule has 0 aliphatic rings. The van der Waals surface area contributed by atoms with Gasteiger partial charge in [0.1, 0.15) is 0 Å². The van der Waals surface area contributed by atoms with Crippen LogP contribution in [0.25, 0.3) is 0 Å². The summed E-state index contributed by atoms with van der Waals surface area (Å²) in [7, 11) is 0. The summed E-state index contributed by atoms with van der Waals surface area (Å²) in [6.45, 7) is 10.4. The van der Waals surface area contributed by atoms with Gasteiger partial charge in [-0.05, 0) is 55.8 Å². The van der Waals surface area contributed by atoms with Crippen LogP contribution in [0.15, 0.2) is 40.4 Å². The molecule has 0 aliphatic heterocycles. The molecule has 0 amide bonds. The zero-order valence-electron chi connectivity index (χ0n) is 13.2. The number of aromatic nitrogens is 2. The van der Waals surface area contributed by atoms with Crippen molar-refractivity contribution in [2.45, 2.75) is 44.3 Å². The van der Waals surface area contributed by atoms with Crippen LogP contribution in [-0.4, -0.2) is 16.5 Å². The molecule has 1 N–H and O–H groups in total. The van der Waals surface area contributed by atoms with Gasteiger partial charge in [-0.3, -0.25) is 0 Å². The van der Waals surface area contributed by atoms with Crippen molar-refractivity contribution in [2.24, 2.45) is 5.92 Å². The fourth-order valence-corrected chi connectivity index (χ4v) is 3.08. The van der Waals surface area contributed by atoms with Crippen molar-refractivity contribution in [3.8, 4) is 0 Å². The molecule has 4 heteroatoms. The van der Waals surface area contributed by atoms with Gasteiger partial charge in [-0.15, -0.1) is 0 Å². The lowest BCUT2D eigenvalue weighted by molar-refractivity contribution is 0.550. The first kappa shape index (κ1) is 16.0. The molecule has 0 saturated carbocycles. The summed E-state index contributed by atoms with van der Waals surface area (Å²) < 4.78 is 0. The molecule has 2 aromatic rings. The number of hydrogen-bond donors (Lipinski definition) is 1. The SMILES string of the molecule is Cc1cc(C)nc(Sc2ccccc2CNCC(C)C)n1. The summed E-state index contributed by atoms with van der Waals surface area (Å²) in [4.78, 5) is 10.2. The first-order valence-corrected chi connectivity index (χ1v) is 8.15. The Hall–Kier alpha value is -1.39. The van der Waals surface area contributed by atoms with Gasteiger partial charge in [-0.25, -0.2) is 9.97 Å². The Labute approximate surface area is 131 Å². The fourth-order valence-electron chi connectivity index (χ4n) is 2.08. The predicted molar refractivity (Wildman–Crippen MR) is 88.6 cm³/mol. The largest absolute Gasteiger partial charge is 0.312 e. The topological polar surface area (TPSA) is 37.8 Å². The van der Waals surface area contributed by atoms with Gasteiger partial charge in [0.2, 0.25) is 0 Å². The third-order valence-corrected chi connectivity index (χ3v) is 3.99. The van der Waals surface area contributed by atoms with E-state index >= 15 is 0 Å². The second kappa shape index (κ2) is 7.57. The fraction of sp³-hybridized carbons (Fsp3) is 0.412. The van der Waals surface area contributed by atoms with Crippen molar-refractivity contribution in [1.29, 1.82) is 0 Å². The molecule has 0 radical (unpaired) electrons. The van der Waals surface area contributed by atoms with Crippen LogP contribution >= 0.6 is 11.8 Å². The van der Waals surface area contributed by atoms with Gasteiger partial charge in [-0.1, -0.05) is 32.0 Å². The summed E-state index contributed by atoms with van der Waals surface area (Å²) in [5.74, 6) is 0.660. The van der Waals surface area contributed by atoms with E-state index in [4.69, 9.17) is 0 Å². The van der Waals surface area contributed by atoms with E-state index in [0.29, 0.717) is 5.92 Å². The van der Waals surface area contributed by atoms with Crippen molar-refractivity contribution in [1.82, 2.24) is 15.3 Å². The molecule has 1 aromatic heterocycles. The zero-order valence-corrected chi connectivity index (χ0v) is 14.0. The number of nitrogens with one attached hydrogen (secondary N) is 1. The van der Waals surface area contributed by atoms with Gasteiger partial charge in [0, 0.05) is 22.8 Å². The first-order chi connectivity index (χ1) is 10.0. The van der Waals surface area contributed by atoms with E-state index in [2.05, 4.69) is 53.4 Å². The summed E-state index contributed by atoms with van der Waals surface area (Å²) in [5.41, 5.74) is 3.33. The highest BCUT2D eigenvalue weighted by atomic mass is 32.2. The van der Waals surface area contributed by atoms with E-state index in [9.17, 15) is 0 Å². The van der Waals surface area contributed by atoms with Crippen LogP contribution in [-0.2, 0) is 6.54 Å². The van der Waals surface area contributed by atoms with Gasteiger partial charge in [-0.2, -0.15) is 0 Å². The van der Waals surface area contributed by atoms with Crippen LogP contribution in [0.3, 0.4) is 0 Å². The monoisotopic (exact) mass is 301 g/mol. The Morgan fingerprint density at radius 2 is 1.76 bits per heavy atom. The zero-order chi connectivity index (χ0) is 15.2. The van der Waals surface area contributed by atoms with E-state index < -0.39 is 0 Å². The quantitative estimate of drug-likeness (QED) is 0.819. The average Bonchev–Trinajstić information content (AvgIpc) is 2.39. The Balaban J connectivity index is 2.12. The van der Waals surface area contributed by atoms with Gasteiger partial charge in [0.25, 0.3) is 0 Å². The van der Waals surface area contributed by atoms with Crippen LogP contribution in [0, 0.1) is 19.8 Å². The third-order valence-electron chi connectivity index (χ3n) is 3.00. The van der Waals surface area contributed by atoms with Crippen molar-refractivity contribution in [2.75, 3.05) is 6.54 Å². The number of nitrogens with zero attached hydrogens (tertiary/aromatic N) is 2. The van der Waals surface area contributed by atoms with Crippen LogP contribution in [0.1, 0.15) is 30.8 Å². The van der Waals surface area contributed by atoms with E-state index in [-0.39, 0.29) is 0 Å². The number of hydrogen-bond acceptors (Lipinski definition) is 4. The van der Waals surface area contributed by atoms with Crippen LogP contribution < -0.4 is 5.32 Å². The average molecular weight is 301 g/mol. The number of aryl methyl sites for hydroxylation is 2. The lowest BCUT2D eigenvalue weighted by atomic mass is 10.2. The summed E-state index contributed by atoms with van der Waals surface area (Å²) in [6, 6.07) is 10.5. The summed E-state index contributed by atoms with van der Waals surface area (Å²) in [5, 5.41) is 4.32. The van der Waals surface area contributed by atoms with E-state index in [1.165, 1.54) is 10.5 Å². The first-order valence-electron chi connectivity index (χ1n) is 7.33. The molecule has 1 aromatic carbocycles. The Morgan fingerprint density at radius 1 is 1.10 bits per heavy atom. The van der Waals surface area contributed by atoms with E-state index in [0.717, 1.165) is 29.6 Å². The minimum Gasteiger partial charge on any atom is -0.312 e. The van der Waals surface area contributed by atoms with Gasteiger partial charge in [0.15, 0.2) is 5.16 Å². The Morgan fingerprint density at radius 3 is 2.43 bits per heavy atom. The van der Waals surface area contributed by atoms with Crippen molar-refractivity contribution < 1.29 is 0 Å². The lowest BCUT2D eigenvalue weighted by Crippen LogP contribution is -2.19. The van der Waals surface area contributed by atoms with Crippen LogP contribution in [0.4, 0.5) is 0 Å². The maximum Gasteiger partial charge on any atom is 0.192 e. The molecule has 0 saturated heterocycles. The highest BCUT2D eigenvalue weighted by Crippen LogP contribution is 2.28. The Bertz CT molecular complexity index is 576. The van der Waals surface area contributed by atoms with Crippen LogP contribution in [0.2, 0.25) is 0 Å². The van der Waals surface area contributed by atoms with E-state index in [1.54, 1.807) is 11.8 Å². The molecule has 0 unspecified atom stereocenters. The molecule has 2 rings (SSSR count). The molecule has 0 aliphatic carbocycles. The van der Waals surface area contributed by atoms with Crippen molar-refractivity contribution >= 4 is 11.8 Å². The summed E-state index contributed by atoms with van der Waals surface area (Å²) in [6.07, 6.45) is 0. The third kappa shape index (κ3) is 5.14. The number of rotatable bonds is 6. The second-order valence-corrected chi connectivity index (χ2v) is 6.68. The van der Waals surface area contributed by atoms with Gasteiger partial charge in [0.05, 0.1) is 0 Å². The maximum atomic E-state index is 4.51. The van der Waals surface area contributed by atoms with Crippen LogP contribution in [0.5, 0.6) is 0 Å². The maximum absolute atomic E-state index is 4.51. The molecule has 1 heterocycles. The highest BCUT2D eigenvalue weighted by Gasteiger charge is 2.07. The lowest BCUT2D eigenvalue weighted by Gasteiger charge is -2.11. The van der Waals surface area contributed by atoms with Crippen molar-refractivity contribution in [3.05, 3.63) is 47.3 Å². The molecule has 0 spiro atoms. The molecular weight excluding hydrogens is 278 g/mol. The molecule has 0 fully saturated rings. The minimum atomic E-state index is 0.660. The molecular formula is C17H23N3S. The second-order valence-electron chi connectivity index (χ2n) is 5.67. The highest BCUT2D eigenvalue weighted by molar-refractivity contribution is 7.99. The molecule has 21 heavy (non-hydrogen) atoms. The molecule has 0 atom stereocenters. The predicted octanol–water partition coefficient (Wildman–Crippen LogP) is 3.99. The Kier molecular flexibility index (Phi) is 5.76. The normalized spacial score (nSPS) is 11.1. The number of benzene rings is 1. The van der Waals surface area contributed by atoms with Gasteiger partial charge < -0.3 is 5.32 Å². The van der Waals surface area contributed by atoms with E-state index in [1.807, 2.05) is 19.9 Å². The van der Waals surface area contributed by atoms with Crippen molar-refractivity contribution in [3.63, 3.8) is 0 Å². The molecule has 112 valence electrons. The van der Waals surface area contributed by atoms with Gasteiger partial charge >= 0.3 is 0 Å². The standard InChI is InChI=1S/C17H23N3S/c1-12(2)10-18-11-15-7-5-6-8-16(15)21-17-19-13(3)9-14(4)20-17/h5-9,12,18H,10-11H2,1-4H3.